The van der Waals surface area contributed by atoms with Crippen molar-refractivity contribution in [1.82, 2.24) is 9.97 Å². The molecule has 1 unspecified atom stereocenters. The van der Waals surface area contributed by atoms with Crippen molar-refractivity contribution in [2.45, 2.75) is 20.0 Å². The maximum atomic E-state index is 14.6. The lowest BCUT2D eigenvalue weighted by atomic mass is 10.1. The SMILES string of the molecule is Cc1ccc(OP(=O)(Oc2ccc3c(c2)CN(c2cccnc2)CO3)c2ccccc2)cc1CN(CO)c1cccnc1. The van der Waals surface area contributed by atoms with E-state index in [2.05, 4.69) is 14.9 Å². The summed E-state index contributed by atoms with van der Waals surface area (Å²) in [5, 5.41) is 10.5. The van der Waals surface area contributed by atoms with Crippen molar-refractivity contribution in [2.24, 2.45) is 0 Å². The van der Waals surface area contributed by atoms with Gasteiger partial charge >= 0.3 is 7.60 Å². The van der Waals surface area contributed by atoms with Crippen molar-refractivity contribution >= 4 is 24.3 Å². The fourth-order valence-corrected chi connectivity index (χ4v) is 6.41. The number of ether oxygens (including phenoxy) is 1. The van der Waals surface area contributed by atoms with Crippen molar-refractivity contribution < 1.29 is 23.5 Å². The van der Waals surface area contributed by atoms with Gasteiger partial charge in [0.15, 0.2) is 6.73 Å². The number of benzene rings is 3. The molecule has 0 bridgehead atoms. The molecule has 1 aliphatic rings. The molecule has 0 aliphatic carbocycles. The first kappa shape index (κ1) is 28.3. The highest BCUT2D eigenvalue weighted by Gasteiger charge is 2.32. The van der Waals surface area contributed by atoms with E-state index in [0.29, 0.717) is 36.6 Å². The summed E-state index contributed by atoms with van der Waals surface area (Å²) >= 11 is 0. The number of aryl methyl sites for hydroxylation is 1. The summed E-state index contributed by atoms with van der Waals surface area (Å²) in [5.74, 6) is 1.53. The summed E-state index contributed by atoms with van der Waals surface area (Å²) in [4.78, 5) is 12.2. The van der Waals surface area contributed by atoms with Gasteiger partial charge in [0, 0.05) is 24.5 Å². The van der Waals surface area contributed by atoms with Gasteiger partial charge in [-0.2, -0.15) is 0 Å². The molecule has 3 aromatic carbocycles. The average Bonchev–Trinajstić information content (AvgIpc) is 3.06. The van der Waals surface area contributed by atoms with Crippen LogP contribution in [0.15, 0.2) is 116 Å². The molecule has 0 fully saturated rings. The highest BCUT2D eigenvalue weighted by atomic mass is 31.2. The Hall–Kier alpha value is -4.85. The van der Waals surface area contributed by atoms with E-state index in [-0.39, 0.29) is 6.73 Å². The minimum atomic E-state index is -3.90. The smallest absolute Gasteiger partial charge is 0.462 e. The van der Waals surface area contributed by atoms with Crippen LogP contribution in [0.2, 0.25) is 0 Å². The zero-order valence-corrected chi connectivity index (χ0v) is 24.5. The highest BCUT2D eigenvalue weighted by Crippen LogP contribution is 2.48. The lowest BCUT2D eigenvalue weighted by Gasteiger charge is -2.31. The summed E-state index contributed by atoms with van der Waals surface area (Å²) in [6.07, 6.45) is 6.91. The second kappa shape index (κ2) is 12.6. The first-order valence-corrected chi connectivity index (χ1v) is 15.4. The first-order valence-electron chi connectivity index (χ1n) is 13.8. The molecule has 6 rings (SSSR count). The number of hydrogen-bond donors (Lipinski definition) is 1. The van der Waals surface area contributed by atoms with Gasteiger partial charge in [0.2, 0.25) is 0 Å². The third-order valence-corrected chi connectivity index (χ3v) is 9.00. The van der Waals surface area contributed by atoms with E-state index in [0.717, 1.165) is 33.8 Å². The van der Waals surface area contributed by atoms with Crippen molar-refractivity contribution in [3.63, 3.8) is 0 Å². The average molecular weight is 595 g/mol. The molecule has 0 saturated carbocycles. The van der Waals surface area contributed by atoms with Crippen molar-refractivity contribution in [3.05, 3.63) is 132 Å². The van der Waals surface area contributed by atoms with Gasteiger partial charge in [-0.25, -0.2) is 4.57 Å². The van der Waals surface area contributed by atoms with Gasteiger partial charge in [0.05, 0.1) is 35.6 Å². The molecule has 0 amide bonds. The van der Waals surface area contributed by atoms with Gasteiger partial charge in [0.1, 0.15) is 24.0 Å². The van der Waals surface area contributed by atoms with E-state index in [1.807, 2.05) is 61.5 Å². The van der Waals surface area contributed by atoms with E-state index in [1.165, 1.54) is 0 Å². The maximum Gasteiger partial charge on any atom is 0.462 e. The van der Waals surface area contributed by atoms with E-state index in [4.69, 9.17) is 13.8 Å². The highest BCUT2D eigenvalue weighted by molar-refractivity contribution is 7.63. The number of aliphatic hydroxyl groups excluding tert-OH is 1. The number of rotatable bonds is 10. The van der Waals surface area contributed by atoms with Gasteiger partial charge in [-0.15, -0.1) is 0 Å². The molecular formula is C33H31N4O5P. The molecule has 9 nitrogen and oxygen atoms in total. The van der Waals surface area contributed by atoms with Gasteiger partial charge in [-0.05, 0) is 84.8 Å². The van der Waals surface area contributed by atoms with Crippen molar-refractivity contribution in [1.29, 1.82) is 0 Å². The van der Waals surface area contributed by atoms with Crippen LogP contribution in [-0.2, 0) is 17.7 Å². The fourth-order valence-electron chi connectivity index (χ4n) is 4.84. The second-order valence-electron chi connectivity index (χ2n) is 10.1. The summed E-state index contributed by atoms with van der Waals surface area (Å²) in [7, 11) is -3.90. The Morgan fingerprint density at radius 1 is 0.907 bits per heavy atom. The molecule has 10 heteroatoms. The van der Waals surface area contributed by atoms with Crippen LogP contribution in [0.1, 0.15) is 16.7 Å². The number of hydrogen-bond acceptors (Lipinski definition) is 9. The molecule has 5 aromatic rings. The van der Waals surface area contributed by atoms with Crippen LogP contribution in [0.5, 0.6) is 17.2 Å². The van der Waals surface area contributed by atoms with Crippen molar-refractivity contribution in [3.8, 4) is 17.2 Å². The summed E-state index contributed by atoms with van der Waals surface area (Å²) in [6.45, 7) is 3.17. The molecule has 1 atom stereocenters. The van der Waals surface area contributed by atoms with Crippen LogP contribution in [0.4, 0.5) is 11.4 Å². The lowest BCUT2D eigenvalue weighted by Crippen LogP contribution is -2.31. The lowest BCUT2D eigenvalue weighted by molar-refractivity contribution is 0.288. The third-order valence-electron chi connectivity index (χ3n) is 7.17. The van der Waals surface area contributed by atoms with Crippen LogP contribution in [0.25, 0.3) is 0 Å². The minimum absolute atomic E-state index is 0.192. The van der Waals surface area contributed by atoms with Gasteiger partial charge < -0.3 is 28.7 Å². The molecule has 218 valence electrons. The van der Waals surface area contributed by atoms with E-state index in [9.17, 15) is 9.67 Å². The summed E-state index contributed by atoms with van der Waals surface area (Å²) < 4.78 is 33.0. The van der Waals surface area contributed by atoms with Gasteiger partial charge in [-0.3, -0.25) is 9.97 Å². The standard InChI is InChI=1S/C33H31N4O5P/c1-25-11-12-30(17-26(25)21-36(23-38)28-7-5-15-34-19-28)41-43(39,32-9-3-2-4-10-32)42-31-13-14-33-27(18-31)22-37(24-40-33)29-8-6-16-35-20-29/h2-20,38H,21-24H2,1H3. The Bertz CT molecular complexity index is 1720. The Kier molecular flexibility index (Phi) is 8.27. The summed E-state index contributed by atoms with van der Waals surface area (Å²) in [6, 6.07) is 27.4. The van der Waals surface area contributed by atoms with E-state index >= 15 is 0 Å². The van der Waals surface area contributed by atoms with Crippen LogP contribution in [0, 0.1) is 6.92 Å². The predicted molar refractivity (Wildman–Crippen MR) is 166 cm³/mol. The molecule has 0 saturated heterocycles. The molecule has 0 spiro atoms. The molecule has 2 aromatic heterocycles. The molecular weight excluding hydrogens is 563 g/mol. The van der Waals surface area contributed by atoms with E-state index in [1.54, 1.807) is 66.1 Å². The van der Waals surface area contributed by atoms with Crippen LogP contribution < -0.4 is 28.9 Å². The van der Waals surface area contributed by atoms with Crippen LogP contribution in [-0.4, -0.2) is 28.5 Å². The number of aromatic nitrogens is 2. The quantitative estimate of drug-likeness (QED) is 0.153. The number of fused-ring (bicyclic) bond motifs is 1. The number of pyridine rings is 2. The van der Waals surface area contributed by atoms with E-state index < -0.39 is 7.60 Å². The predicted octanol–water partition coefficient (Wildman–Crippen LogP) is 6.07. The Morgan fingerprint density at radius 3 is 2.37 bits per heavy atom. The minimum Gasteiger partial charge on any atom is -0.473 e. The molecule has 0 radical (unpaired) electrons. The summed E-state index contributed by atoms with van der Waals surface area (Å²) in [5.41, 5.74) is 4.52. The molecule has 1 aliphatic heterocycles. The fraction of sp³-hybridized carbons (Fsp3) is 0.152. The second-order valence-corrected chi connectivity index (χ2v) is 12.0. The molecule has 3 heterocycles. The Morgan fingerprint density at radius 2 is 1.65 bits per heavy atom. The number of nitrogens with zero attached hydrogens (tertiary/aromatic N) is 4. The monoisotopic (exact) mass is 594 g/mol. The zero-order chi connectivity index (χ0) is 29.6. The van der Waals surface area contributed by atoms with Gasteiger partial charge in [0.25, 0.3) is 0 Å². The first-order chi connectivity index (χ1) is 21.0. The molecule has 43 heavy (non-hydrogen) atoms. The normalized spacial score (nSPS) is 13.8. The number of aliphatic hydroxyl groups is 1. The van der Waals surface area contributed by atoms with Crippen molar-refractivity contribution in [2.75, 3.05) is 23.3 Å². The third kappa shape index (κ3) is 6.48. The van der Waals surface area contributed by atoms with Crippen LogP contribution >= 0.6 is 7.60 Å². The Labute approximate surface area is 250 Å². The molecule has 1 N–H and O–H groups in total. The Balaban J connectivity index is 1.27. The van der Waals surface area contributed by atoms with Gasteiger partial charge in [-0.1, -0.05) is 24.3 Å². The van der Waals surface area contributed by atoms with Crippen LogP contribution in [0.3, 0.4) is 0 Å². The zero-order valence-electron chi connectivity index (χ0n) is 23.6. The largest absolute Gasteiger partial charge is 0.473 e. The number of anilines is 2. The topological polar surface area (TPSA) is 97.2 Å². The maximum absolute atomic E-state index is 14.6.